The first-order valence-corrected chi connectivity index (χ1v) is 5.24. The molecule has 0 aliphatic rings. The van der Waals surface area contributed by atoms with Crippen LogP contribution in [-0.4, -0.2) is 4.98 Å². The lowest BCUT2D eigenvalue weighted by molar-refractivity contribution is 0.591. The number of para-hydroxylation sites is 1. The van der Waals surface area contributed by atoms with Gasteiger partial charge in [-0.05, 0) is 12.1 Å². The van der Waals surface area contributed by atoms with E-state index in [1.165, 1.54) is 29.5 Å². The van der Waals surface area contributed by atoms with Gasteiger partial charge in [-0.1, -0.05) is 17.7 Å². The zero-order chi connectivity index (χ0) is 10.8. The number of benzene rings is 1. The molecule has 2 rings (SSSR count). The fourth-order valence-electron chi connectivity index (χ4n) is 1.04. The maximum atomic E-state index is 13.2. The van der Waals surface area contributed by atoms with Crippen molar-refractivity contribution < 1.29 is 8.78 Å². The molecule has 15 heavy (non-hydrogen) atoms. The number of hydrogen-bond donors (Lipinski definition) is 1. The lowest BCUT2D eigenvalue weighted by atomic mass is 10.3. The van der Waals surface area contributed by atoms with Crippen LogP contribution in [0.5, 0.6) is 0 Å². The molecule has 0 atom stereocenters. The fourth-order valence-corrected chi connectivity index (χ4v) is 1.88. The van der Waals surface area contributed by atoms with Crippen molar-refractivity contribution in [2.24, 2.45) is 0 Å². The molecule has 0 bridgehead atoms. The van der Waals surface area contributed by atoms with Crippen LogP contribution >= 0.6 is 22.9 Å². The average molecular weight is 247 g/mol. The van der Waals surface area contributed by atoms with Gasteiger partial charge in [-0.2, -0.15) is 0 Å². The van der Waals surface area contributed by atoms with Gasteiger partial charge in [0.1, 0.15) is 22.5 Å². The number of halogens is 3. The third-order valence-electron chi connectivity index (χ3n) is 1.67. The number of nitrogens with one attached hydrogen (secondary N) is 1. The predicted octanol–water partition coefficient (Wildman–Crippen LogP) is 3.82. The van der Waals surface area contributed by atoms with Gasteiger partial charge >= 0.3 is 0 Å². The first-order chi connectivity index (χ1) is 7.16. The molecule has 6 heteroatoms. The maximum Gasteiger partial charge on any atom is 0.188 e. The Morgan fingerprint density at radius 2 is 1.93 bits per heavy atom. The average Bonchev–Trinajstić information content (AvgIpc) is 2.58. The van der Waals surface area contributed by atoms with Crippen LogP contribution in [0.25, 0.3) is 0 Å². The standard InChI is InChI=1S/C9H5ClF2N2S/c10-7-4-15-9(13-7)14-8-5(11)2-1-3-6(8)12/h1-4H,(H,13,14). The minimum atomic E-state index is -0.665. The Labute approximate surface area is 93.5 Å². The summed E-state index contributed by atoms with van der Waals surface area (Å²) in [5.41, 5.74) is -0.219. The number of hydrogen-bond acceptors (Lipinski definition) is 3. The Kier molecular flexibility index (Phi) is 2.83. The predicted molar refractivity (Wildman–Crippen MR) is 56.8 cm³/mol. The molecule has 0 spiro atoms. The summed E-state index contributed by atoms with van der Waals surface area (Å²) in [6, 6.07) is 3.63. The zero-order valence-electron chi connectivity index (χ0n) is 7.30. The van der Waals surface area contributed by atoms with Crippen LogP contribution in [0.1, 0.15) is 0 Å². The van der Waals surface area contributed by atoms with Gasteiger partial charge in [0.2, 0.25) is 0 Å². The molecule has 0 unspecified atom stereocenters. The Hall–Kier alpha value is -1.20. The quantitative estimate of drug-likeness (QED) is 0.871. The number of anilines is 2. The second kappa shape index (κ2) is 4.12. The van der Waals surface area contributed by atoms with E-state index >= 15 is 0 Å². The van der Waals surface area contributed by atoms with Gasteiger partial charge in [-0.25, -0.2) is 13.8 Å². The van der Waals surface area contributed by atoms with E-state index in [0.717, 1.165) is 0 Å². The van der Waals surface area contributed by atoms with E-state index < -0.39 is 11.6 Å². The molecule has 1 aromatic heterocycles. The molecule has 1 N–H and O–H groups in total. The van der Waals surface area contributed by atoms with Gasteiger partial charge < -0.3 is 5.32 Å². The van der Waals surface area contributed by atoms with Crippen LogP contribution in [0.2, 0.25) is 5.15 Å². The molecule has 0 radical (unpaired) electrons. The number of rotatable bonds is 2. The summed E-state index contributed by atoms with van der Waals surface area (Å²) in [5, 5.41) is 4.75. The number of nitrogens with zero attached hydrogens (tertiary/aromatic N) is 1. The lowest BCUT2D eigenvalue weighted by Crippen LogP contribution is -1.96. The molecule has 0 aliphatic heterocycles. The SMILES string of the molecule is Fc1cccc(F)c1Nc1nc(Cl)cs1. The first kappa shape index (κ1) is 10.3. The third-order valence-corrected chi connectivity index (χ3v) is 2.75. The summed E-state index contributed by atoms with van der Waals surface area (Å²) in [6.07, 6.45) is 0. The normalized spacial score (nSPS) is 10.3. The molecule has 0 amide bonds. The van der Waals surface area contributed by atoms with E-state index in [4.69, 9.17) is 11.6 Å². The van der Waals surface area contributed by atoms with E-state index in [9.17, 15) is 8.78 Å². The molecule has 2 nitrogen and oxygen atoms in total. The minimum Gasteiger partial charge on any atom is -0.327 e. The molecule has 0 aliphatic carbocycles. The van der Waals surface area contributed by atoms with Crippen molar-refractivity contribution in [3.8, 4) is 0 Å². The summed E-state index contributed by atoms with van der Waals surface area (Å²) in [5.74, 6) is -1.33. The van der Waals surface area contributed by atoms with Crippen molar-refractivity contribution in [2.75, 3.05) is 5.32 Å². The smallest absolute Gasteiger partial charge is 0.188 e. The molecule has 2 aromatic rings. The van der Waals surface area contributed by atoms with Crippen molar-refractivity contribution in [1.82, 2.24) is 4.98 Å². The summed E-state index contributed by atoms with van der Waals surface area (Å²) < 4.78 is 26.4. The minimum absolute atomic E-state index is 0.219. The Bertz CT molecular complexity index is 466. The van der Waals surface area contributed by atoms with Crippen LogP contribution in [0, 0.1) is 11.6 Å². The van der Waals surface area contributed by atoms with E-state index in [-0.39, 0.29) is 5.69 Å². The number of thiazole rings is 1. The van der Waals surface area contributed by atoms with Crippen LogP contribution < -0.4 is 5.32 Å². The third kappa shape index (κ3) is 2.24. The maximum absolute atomic E-state index is 13.2. The Morgan fingerprint density at radius 1 is 1.27 bits per heavy atom. The van der Waals surface area contributed by atoms with Crippen molar-refractivity contribution >= 4 is 33.8 Å². The van der Waals surface area contributed by atoms with Crippen LogP contribution in [0.4, 0.5) is 19.6 Å². The van der Waals surface area contributed by atoms with Gasteiger partial charge in [0.05, 0.1) is 0 Å². The molecule has 0 saturated carbocycles. The second-order valence-electron chi connectivity index (χ2n) is 2.70. The van der Waals surface area contributed by atoms with Crippen LogP contribution in [0.3, 0.4) is 0 Å². The zero-order valence-corrected chi connectivity index (χ0v) is 8.87. The lowest BCUT2D eigenvalue weighted by Gasteiger charge is -2.04. The van der Waals surface area contributed by atoms with Crippen molar-refractivity contribution in [1.29, 1.82) is 0 Å². The first-order valence-electron chi connectivity index (χ1n) is 3.99. The highest BCUT2D eigenvalue weighted by molar-refractivity contribution is 7.14. The summed E-state index contributed by atoms with van der Waals surface area (Å²) >= 11 is 6.75. The van der Waals surface area contributed by atoms with Gasteiger partial charge in [0.15, 0.2) is 5.13 Å². The summed E-state index contributed by atoms with van der Waals surface area (Å²) in [6.45, 7) is 0. The monoisotopic (exact) mass is 246 g/mol. The largest absolute Gasteiger partial charge is 0.327 e. The van der Waals surface area contributed by atoms with Gasteiger partial charge in [-0.15, -0.1) is 11.3 Å². The van der Waals surface area contributed by atoms with Gasteiger partial charge in [-0.3, -0.25) is 0 Å². The fraction of sp³-hybridized carbons (Fsp3) is 0. The van der Waals surface area contributed by atoms with Crippen LogP contribution in [0.15, 0.2) is 23.6 Å². The molecule has 0 saturated heterocycles. The van der Waals surface area contributed by atoms with E-state index in [1.807, 2.05) is 0 Å². The van der Waals surface area contributed by atoms with Crippen molar-refractivity contribution in [3.05, 3.63) is 40.4 Å². The molecular formula is C9H5ClF2N2S. The number of aromatic nitrogens is 1. The molecule has 0 fully saturated rings. The van der Waals surface area contributed by atoms with Crippen molar-refractivity contribution in [2.45, 2.75) is 0 Å². The summed E-state index contributed by atoms with van der Waals surface area (Å²) in [7, 11) is 0. The van der Waals surface area contributed by atoms with Gasteiger partial charge in [0, 0.05) is 5.38 Å². The highest BCUT2D eigenvalue weighted by Gasteiger charge is 2.09. The van der Waals surface area contributed by atoms with Gasteiger partial charge in [0.25, 0.3) is 0 Å². The molecule has 1 heterocycles. The van der Waals surface area contributed by atoms with Crippen LogP contribution in [-0.2, 0) is 0 Å². The molecular weight excluding hydrogens is 242 g/mol. The molecule has 78 valence electrons. The Morgan fingerprint density at radius 3 is 2.47 bits per heavy atom. The summed E-state index contributed by atoms with van der Waals surface area (Å²) in [4.78, 5) is 3.83. The highest BCUT2D eigenvalue weighted by atomic mass is 35.5. The highest BCUT2D eigenvalue weighted by Crippen LogP contribution is 2.26. The van der Waals surface area contributed by atoms with E-state index in [1.54, 1.807) is 5.38 Å². The van der Waals surface area contributed by atoms with E-state index in [0.29, 0.717) is 10.3 Å². The second-order valence-corrected chi connectivity index (χ2v) is 3.94. The Balaban J connectivity index is 2.31. The van der Waals surface area contributed by atoms with Crippen molar-refractivity contribution in [3.63, 3.8) is 0 Å². The topological polar surface area (TPSA) is 24.9 Å². The van der Waals surface area contributed by atoms with E-state index in [2.05, 4.69) is 10.3 Å². The molecule has 1 aromatic carbocycles.